The van der Waals surface area contributed by atoms with E-state index in [4.69, 9.17) is 9.15 Å². The Morgan fingerprint density at radius 1 is 1.12 bits per heavy atom. The number of nitrogens with one attached hydrogen (secondary N) is 1. The molecule has 2 aliphatic heterocycles. The van der Waals surface area contributed by atoms with Crippen LogP contribution in [0.2, 0.25) is 0 Å². The lowest BCUT2D eigenvalue weighted by atomic mass is 9.98. The van der Waals surface area contributed by atoms with Gasteiger partial charge >= 0.3 is 0 Å². The number of rotatable bonds is 8. The van der Waals surface area contributed by atoms with Gasteiger partial charge in [-0.3, -0.25) is 9.69 Å². The van der Waals surface area contributed by atoms with Crippen molar-refractivity contribution in [2.45, 2.75) is 43.0 Å². The number of likely N-dealkylation sites (tertiary alicyclic amines) is 1. The van der Waals surface area contributed by atoms with Gasteiger partial charge in [-0.15, -0.1) is 0 Å². The van der Waals surface area contributed by atoms with E-state index in [9.17, 15) is 13.2 Å². The van der Waals surface area contributed by atoms with Gasteiger partial charge < -0.3 is 14.5 Å². The van der Waals surface area contributed by atoms with Crippen LogP contribution >= 0.6 is 0 Å². The van der Waals surface area contributed by atoms with Crippen LogP contribution in [0, 0.1) is 5.92 Å². The molecule has 1 aromatic carbocycles. The summed E-state index contributed by atoms with van der Waals surface area (Å²) in [5.74, 6) is 0.984. The van der Waals surface area contributed by atoms with Gasteiger partial charge in [-0.05, 0) is 75.2 Å². The number of piperidine rings is 2. The molecule has 8 nitrogen and oxygen atoms in total. The lowest BCUT2D eigenvalue weighted by Gasteiger charge is -2.34. The predicted molar refractivity (Wildman–Crippen MR) is 124 cm³/mol. The van der Waals surface area contributed by atoms with Crippen LogP contribution in [0.3, 0.4) is 0 Å². The van der Waals surface area contributed by atoms with E-state index in [1.807, 2.05) is 12.1 Å². The van der Waals surface area contributed by atoms with Gasteiger partial charge in [-0.2, -0.15) is 4.31 Å². The van der Waals surface area contributed by atoms with Crippen molar-refractivity contribution in [1.29, 1.82) is 0 Å². The highest BCUT2D eigenvalue weighted by Gasteiger charge is 2.34. The first-order valence-electron chi connectivity index (χ1n) is 11.7. The van der Waals surface area contributed by atoms with E-state index >= 15 is 0 Å². The van der Waals surface area contributed by atoms with Crippen LogP contribution in [0.5, 0.6) is 5.75 Å². The van der Waals surface area contributed by atoms with Gasteiger partial charge in [0.1, 0.15) is 11.5 Å². The highest BCUT2D eigenvalue weighted by atomic mass is 32.2. The van der Waals surface area contributed by atoms with Crippen LogP contribution < -0.4 is 10.1 Å². The Morgan fingerprint density at radius 3 is 2.55 bits per heavy atom. The molecule has 9 heteroatoms. The minimum Gasteiger partial charge on any atom is -0.497 e. The Morgan fingerprint density at radius 2 is 1.88 bits per heavy atom. The average Bonchev–Trinajstić information content (AvgIpc) is 3.39. The summed E-state index contributed by atoms with van der Waals surface area (Å²) in [7, 11) is -2.12. The molecule has 4 rings (SSSR count). The molecule has 2 fully saturated rings. The van der Waals surface area contributed by atoms with Gasteiger partial charge in [0.15, 0.2) is 0 Å². The topological polar surface area (TPSA) is 92.1 Å². The molecule has 0 unspecified atom stereocenters. The number of carbonyl (C=O) groups excluding carboxylic acids is 1. The number of amides is 1. The molecule has 3 heterocycles. The third-order valence-electron chi connectivity index (χ3n) is 6.62. The number of hydrogen-bond acceptors (Lipinski definition) is 6. The van der Waals surface area contributed by atoms with E-state index in [0.29, 0.717) is 31.7 Å². The van der Waals surface area contributed by atoms with E-state index in [2.05, 4.69) is 10.2 Å². The van der Waals surface area contributed by atoms with Gasteiger partial charge in [0, 0.05) is 19.6 Å². The van der Waals surface area contributed by atoms with Crippen LogP contribution in [-0.2, 0) is 14.8 Å². The fraction of sp³-hybridized carbons (Fsp3) is 0.542. The maximum atomic E-state index is 13.1. The molecular formula is C24H33N3O5S. The van der Waals surface area contributed by atoms with Crippen LogP contribution in [-0.4, -0.2) is 63.4 Å². The summed E-state index contributed by atoms with van der Waals surface area (Å²) in [4.78, 5) is 15.6. The van der Waals surface area contributed by atoms with Crippen molar-refractivity contribution in [3.8, 4) is 5.75 Å². The minimum absolute atomic E-state index is 0.00743. The second-order valence-electron chi connectivity index (χ2n) is 8.75. The second kappa shape index (κ2) is 10.7. The Balaban J connectivity index is 1.39. The summed E-state index contributed by atoms with van der Waals surface area (Å²) in [6.07, 6.45) is 6.51. The molecule has 1 aromatic heterocycles. The van der Waals surface area contributed by atoms with Gasteiger partial charge in [-0.1, -0.05) is 6.42 Å². The molecule has 2 aliphatic rings. The number of hydrogen-bond donors (Lipinski definition) is 1. The third-order valence-corrected chi connectivity index (χ3v) is 8.50. The third kappa shape index (κ3) is 5.59. The van der Waals surface area contributed by atoms with E-state index in [1.165, 1.54) is 10.7 Å². The van der Waals surface area contributed by atoms with Crippen molar-refractivity contribution in [2.75, 3.05) is 39.8 Å². The highest BCUT2D eigenvalue weighted by Crippen LogP contribution is 2.27. The first-order chi connectivity index (χ1) is 16.0. The lowest BCUT2D eigenvalue weighted by molar-refractivity contribution is -0.126. The molecule has 0 aliphatic carbocycles. The zero-order chi connectivity index (χ0) is 23.3. The molecule has 1 N–H and O–H groups in total. The number of nitrogens with zero attached hydrogens (tertiary/aromatic N) is 2. The van der Waals surface area contributed by atoms with Crippen molar-refractivity contribution >= 4 is 15.9 Å². The van der Waals surface area contributed by atoms with Gasteiger partial charge in [-0.25, -0.2) is 8.42 Å². The zero-order valence-electron chi connectivity index (χ0n) is 19.1. The van der Waals surface area contributed by atoms with E-state index in [1.54, 1.807) is 37.6 Å². The van der Waals surface area contributed by atoms with Gasteiger partial charge in [0.05, 0.1) is 30.2 Å². The summed E-state index contributed by atoms with van der Waals surface area (Å²) in [5.41, 5.74) is 0. The van der Waals surface area contributed by atoms with E-state index < -0.39 is 10.0 Å². The van der Waals surface area contributed by atoms with E-state index in [-0.39, 0.29) is 29.3 Å². The smallest absolute Gasteiger partial charge is 0.243 e. The zero-order valence-corrected chi connectivity index (χ0v) is 19.9. The molecule has 0 spiro atoms. The Bertz CT molecular complexity index is 1000. The summed E-state index contributed by atoms with van der Waals surface area (Å²) in [6.45, 7) is 3.03. The number of benzene rings is 1. The second-order valence-corrected chi connectivity index (χ2v) is 10.7. The van der Waals surface area contributed by atoms with Crippen molar-refractivity contribution in [3.05, 3.63) is 48.4 Å². The van der Waals surface area contributed by atoms with Crippen molar-refractivity contribution in [3.63, 3.8) is 0 Å². The summed E-state index contributed by atoms with van der Waals surface area (Å²) in [5, 5.41) is 3.09. The van der Waals surface area contributed by atoms with Crippen molar-refractivity contribution in [2.24, 2.45) is 5.92 Å². The number of furan rings is 1. The number of sulfonamides is 1. The highest BCUT2D eigenvalue weighted by molar-refractivity contribution is 7.89. The quantitative estimate of drug-likeness (QED) is 0.631. The Kier molecular flexibility index (Phi) is 7.72. The minimum atomic E-state index is -3.66. The first kappa shape index (κ1) is 23.8. The monoisotopic (exact) mass is 475 g/mol. The number of ether oxygens (including phenoxy) is 1. The standard InChI is InChI=1S/C24H33N3O5S/c1-31-20-9-11-21(12-10-20)33(29,30)27-15-5-7-19(18-27)24(28)25-17-22(23-8-6-16-32-23)26-13-3-2-4-14-26/h6,8-12,16,19,22H,2-5,7,13-15,17-18H2,1H3,(H,25,28)/t19-,22+/m0/s1. The normalized spacial score (nSPS) is 21.4. The molecule has 2 aromatic rings. The molecule has 0 radical (unpaired) electrons. The van der Waals surface area contributed by atoms with Gasteiger partial charge in [0.2, 0.25) is 15.9 Å². The van der Waals surface area contributed by atoms with Gasteiger partial charge in [0.25, 0.3) is 0 Å². The Hall–Kier alpha value is -2.36. The summed E-state index contributed by atoms with van der Waals surface area (Å²) in [6, 6.07) is 10.2. The lowest BCUT2D eigenvalue weighted by Crippen LogP contribution is -2.47. The number of methoxy groups -OCH3 is 1. The molecule has 1 amide bonds. The van der Waals surface area contributed by atoms with E-state index in [0.717, 1.165) is 31.7 Å². The summed E-state index contributed by atoms with van der Waals surface area (Å²) < 4.78 is 38.4. The maximum Gasteiger partial charge on any atom is 0.243 e. The molecule has 0 bridgehead atoms. The van der Waals surface area contributed by atoms with Crippen molar-refractivity contribution in [1.82, 2.24) is 14.5 Å². The molecule has 2 atom stereocenters. The molecular weight excluding hydrogens is 442 g/mol. The Labute approximate surface area is 195 Å². The largest absolute Gasteiger partial charge is 0.497 e. The SMILES string of the molecule is COc1ccc(S(=O)(=O)N2CCC[C@H](C(=O)NC[C@H](c3ccco3)N3CCCCC3)C2)cc1. The fourth-order valence-electron chi connectivity index (χ4n) is 4.73. The molecule has 33 heavy (non-hydrogen) atoms. The molecule has 2 saturated heterocycles. The van der Waals surface area contributed by atoms with Crippen LogP contribution in [0.1, 0.15) is 43.9 Å². The van der Waals surface area contributed by atoms with Crippen LogP contribution in [0.15, 0.2) is 52.0 Å². The fourth-order valence-corrected chi connectivity index (χ4v) is 6.26. The van der Waals surface area contributed by atoms with Crippen LogP contribution in [0.25, 0.3) is 0 Å². The molecule has 0 saturated carbocycles. The summed E-state index contributed by atoms with van der Waals surface area (Å²) >= 11 is 0. The van der Waals surface area contributed by atoms with Crippen molar-refractivity contribution < 1.29 is 22.4 Å². The molecule has 180 valence electrons. The predicted octanol–water partition coefficient (Wildman–Crippen LogP) is 3.03. The van der Waals surface area contributed by atoms with Crippen LogP contribution in [0.4, 0.5) is 0 Å². The number of carbonyl (C=O) groups is 1. The average molecular weight is 476 g/mol. The first-order valence-corrected chi connectivity index (χ1v) is 13.1. The maximum absolute atomic E-state index is 13.1.